The SMILES string of the molecule is CCCCNC(=O)[C@@H]1[C@H]2C=C[C@@H](CCC)[C@@H](C(=O)NC)[C@@H]2C(=O)N1CCCCCO. The van der Waals surface area contributed by atoms with Gasteiger partial charge in [-0.25, -0.2) is 0 Å². The third kappa shape index (κ3) is 5.42. The Kier molecular flexibility index (Phi) is 9.82. The van der Waals surface area contributed by atoms with E-state index in [4.69, 9.17) is 5.11 Å². The van der Waals surface area contributed by atoms with Crippen LogP contribution in [0.5, 0.6) is 0 Å². The van der Waals surface area contributed by atoms with E-state index < -0.39 is 17.9 Å². The number of aliphatic hydroxyl groups excluding tert-OH is 1. The smallest absolute Gasteiger partial charge is 0.243 e. The van der Waals surface area contributed by atoms with Gasteiger partial charge in [-0.2, -0.15) is 0 Å². The van der Waals surface area contributed by atoms with Crippen LogP contribution in [0, 0.1) is 23.7 Å². The maximum absolute atomic E-state index is 13.5. The van der Waals surface area contributed by atoms with Gasteiger partial charge in [0.05, 0.1) is 11.8 Å². The highest BCUT2D eigenvalue weighted by Gasteiger charge is 2.56. The highest BCUT2D eigenvalue weighted by Crippen LogP contribution is 2.45. The molecule has 1 fully saturated rings. The van der Waals surface area contributed by atoms with Gasteiger partial charge in [0.2, 0.25) is 17.7 Å². The van der Waals surface area contributed by atoms with E-state index in [2.05, 4.69) is 30.6 Å². The minimum absolute atomic E-state index is 0.0123. The number of aliphatic hydroxyl groups is 1. The normalized spacial score (nSPS) is 27.8. The molecule has 0 aromatic rings. The maximum atomic E-state index is 13.5. The van der Waals surface area contributed by atoms with Crippen molar-refractivity contribution in [2.75, 3.05) is 26.7 Å². The van der Waals surface area contributed by atoms with Crippen molar-refractivity contribution >= 4 is 17.7 Å². The van der Waals surface area contributed by atoms with Crippen LogP contribution in [-0.2, 0) is 14.4 Å². The summed E-state index contributed by atoms with van der Waals surface area (Å²) < 4.78 is 0. The van der Waals surface area contributed by atoms with Crippen LogP contribution in [0.1, 0.15) is 58.8 Å². The Bertz CT molecular complexity index is 622. The second-order valence-corrected chi connectivity index (χ2v) is 8.49. The Morgan fingerprint density at radius 2 is 1.83 bits per heavy atom. The zero-order valence-corrected chi connectivity index (χ0v) is 18.7. The van der Waals surface area contributed by atoms with Gasteiger partial charge in [0.15, 0.2) is 0 Å². The monoisotopic (exact) mass is 421 g/mol. The van der Waals surface area contributed by atoms with E-state index in [1.165, 1.54) is 0 Å². The molecule has 0 aromatic heterocycles. The first-order valence-corrected chi connectivity index (χ1v) is 11.6. The van der Waals surface area contributed by atoms with Gasteiger partial charge in [0.25, 0.3) is 0 Å². The molecule has 170 valence electrons. The van der Waals surface area contributed by atoms with E-state index in [9.17, 15) is 14.4 Å². The number of allylic oxidation sites excluding steroid dienone is 1. The molecule has 2 aliphatic rings. The number of fused-ring (bicyclic) bond motifs is 1. The van der Waals surface area contributed by atoms with Crippen LogP contribution in [0.25, 0.3) is 0 Å². The van der Waals surface area contributed by atoms with Gasteiger partial charge in [-0.05, 0) is 38.0 Å². The van der Waals surface area contributed by atoms with E-state index in [0.29, 0.717) is 19.5 Å². The molecule has 0 spiro atoms. The Morgan fingerprint density at radius 3 is 2.47 bits per heavy atom. The van der Waals surface area contributed by atoms with Gasteiger partial charge in [0.1, 0.15) is 6.04 Å². The van der Waals surface area contributed by atoms with Crippen molar-refractivity contribution < 1.29 is 19.5 Å². The van der Waals surface area contributed by atoms with Crippen molar-refractivity contribution in [2.24, 2.45) is 23.7 Å². The first kappa shape index (κ1) is 24.4. The molecule has 0 aromatic carbocycles. The van der Waals surface area contributed by atoms with Crippen LogP contribution in [0.15, 0.2) is 12.2 Å². The third-order valence-electron chi connectivity index (χ3n) is 6.44. The lowest BCUT2D eigenvalue weighted by Crippen LogP contribution is -2.48. The average molecular weight is 422 g/mol. The van der Waals surface area contributed by atoms with Crippen molar-refractivity contribution in [3.05, 3.63) is 12.2 Å². The number of hydrogen-bond donors (Lipinski definition) is 3. The summed E-state index contributed by atoms with van der Waals surface area (Å²) in [6.07, 6.45) is 9.94. The van der Waals surface area contributed by atoms with Crippen LogP contribution < -0.4 is 10.6 Å². The van der Waals surface area contributed by atoms with Crippen LogP contribution in [0.4, 0.5) is 0 Å². The molecule has 1 saturated heterocycles. The molecule has 7 heteroatoms. The van der Waals surface area contributed by atoms with Crippen LogP contribution in [0.3, 0.4) is 0 Å². The summed E-state index contributed by atoms with van der Waals surface area (Å²) in [5, 5.41) is 14.8. The Hall–Kier alpha value is -1.89. The Balaban J connectivity index is 2.31. The van der Waals surface area contributed by atoms with Crippen molar-refractivity contribution in [3.8, 4) is 0 Å². The lowest BCUT2D eigenvalue weighted by molar-refractivity contribution is -0.140. The van der Waals surface area contributed by atoms with E-state index in [1.807, 2.05) is 6.08 Å². The van der Waals surface area contributed by atoms with Crippen LogP contribution >= 0.6 is 0 Å². The summed E-state index contributed by atoms with van der Waals surface area (Å²) in [7, 11) is 1.61. The first-order valence-electron chi connectivity index (χ1n) is 11.6. The molecule has 0 radical (unpaired) electrons. The average Bonchev–Trinajstić information content (AvgIpc) is 3.02. The molecular formula is C23H39N3O4. The second-order valence-electron chi connectivity index (χ2n) is 8.49. The van der Waals surface area contributed by atoms with Crippen molar-refractivity contribution in [1.82, 2.24) is 15.5 Å². The quantitative estimate of drug-likeness (QED) is 0.331. The van der Waals surface area contributed by atoms with Gasteiger partial charge in [-0.15, -0.1) is 0 Å². The summed E-state index contributed by atoms with van der Waals surface area (Å²) in [6.45, 7) is 5.34. The lowest BCUT2D eigenvalue weighted by atomic mass is 9.68. The summed E-state index contributed by atoms with van der Waals surface area (Å²) in [4.78, 5) is 41.1. The molecule has 1 aliphatic heterocycles. The number of nitrogens with zero attached hydrogens (tertiary/aromatic N) is 1. The summed E-state index contributed by atoms with van der Waals surface area (Å²) >= 11 is 0. The standard InChI is InChI=1S/C23H39N3O4/c1-4-6-13-25-22(29)20-17-12-11-16(10-5-2)18(21(28)24-3)19(17)23(30)26(20)14-8-7-9-15-27/h11-12,16-20,27H,4-10,13-15H2,1-3H3,(H,24,28)(H,25,29)/t16-,17+,18-,19-,20+/m1/s1. The Labute approximate surface area is 180 Å². The van der Waals surface area contributed by atoms with E-state index in [-0.39, 0.29) is 36.2 Å². The van der Waals surface area contributed by atoms with Crippen molar-refractivity contribution in [1.29, 1.82) is 0 Å². The fourth-order valence-electron chi connectivity index (χ4n) is 4.93. The summed E-state index contributed by atoms with van der Waals surface area (Å²) in [6, 6.07) is -0.570. The zero-order valence-electron chi connectivity index (χ0n) is 18.7. The third-order valence-corrected chi connectivity index (χ3v) is 6.44. The molecule has 2 rings (SSSR count). The Morgan fingerprint density at radius 1 is 1.07 bits per heavy atom. The van der Waals surface area contributed by atoms with Crippen LogP contribution in [0.2, 0.25) is 0 Å². The topological polar surface area (TPSA) is 98.7 Å². The van der Waals surface area contributed by atoms with Gasteiger partial charge in [0, 0.05) is 32.7 Å². The largest absolute Gasteiger partial charge is 0.396 e. The summed E-state index contributed by atoms with van der Waals surface area (Å²) in [5.41, 5.74) is 0. The molecule has 7 nitrogen and oxygen atoms in total. The predicted octanol–water partition coefficient (Wildman–Crippen LogP) is 1.86. The number of carbonyl (C=O) groups is 3. The predicted molar refractivity (Wildman–Crippen MR) is 116 cm³/mol. The number of carbonyl (C=O) groups excluding carboxylic acids is 3. The molecule has 5 atom stereocenters. The molecule has 0 unspecified atom stereocenters. The van der Waals surface area contributed by atoms with Crippen LogP contribution in [-0.4, -0.2) is 60.5 Å². The molecule has 1 heterocycles. The molecule has 3 amide bonds. The number of likely N-dealkylation sites (tertiary alicyclic amines) is 1. The van der Waals surface area contributed by atoms with E-state index >= 15 is 0 Å². The molecule has 0 bridgehead atoms. The lowest BCUT2D eigenvalue weighted by Gasteiger charge is -2.34. The minimum Gasteiger partial charge on any atom is -0.396 e. The zero-order chi connectivity index (χ0) is 22.1. The molecular weight excluding hydrogens is 382 g/mol. The van der Waals surface area contributed by atoms with Gasteiger partial charge >= 0.3 is 0 Å². The first-order chi connectivity index (χ1) is 14.5. The highest BCUT2D eigenvalue weighted by atomic mass is 16.3. The second kappa shape index (κ2) is 12.1. The fraction of sp³-hybridized carbons (Fsp3) is 0.783. The van der Waals surface area contributed by atoms with Gasteiger partial charge < -0.3 is 20.6 Å². The maximum Gasteiger partial charge on any atom is 0.243 e. The van der Waals surface area contributed by atoms with Gasteiger partial charge in [-0.1, -0.05) is 38.8 Å². The number of hydrogen-bond acceptors (Lipinski definition) is 4. The fourth-order valence-corrected chi connectivity index (χ4v) is 4.93. The number of nitrogens with one attached hydrogen (secondary N) is 2. The van der Waals surface area contributed by atoms with Gasteiger partial charge in [-0.3, -0.25) is 14.4 Å². The molecule has 1 aliphatic carbocycles. The highest BCUT2D eigenvalue weighted by molar-refractivity contribution is 5.96. The molecule has 3 N–H and O–H groups in total. The van der Waals surface area contributed by atoms with E-state index in [1.54, 1.807) is 11.9 Å². The molecule has 0 saturated carbocycles. The number of rotatable bonds is 12. The summed E-state index contributed by atoms with van der Waals surface area (Å²) in [5.74, 6) is -1.53. The minimum atomic E-state index is -0.570. The van der Waals surface area contributed by atoms with E-state index in [0.717, 1.165) is 38.5 Å². The van der Waals surface area contributed by atoms with Crippen molar-refractivity contribution in [3.63, 3.8) is 0 Å². The number of amides is 3. The number of unbranched alkanes of at least 4 members (excludes halogenated alkanes) is 3. The van der Waals surface area contributed by atoms with Crippen molar-refractivity contribution in [2.45, 2.75) is 64.8 Å². The molecule has 30 heavy (non-hydrogen) atoms.